The van der Waals surface area contributed by atoms with Gasteiger partial charge in [0.2, 0.25) is 5.91 Å². The lowest BCUT2D eigenvalue weighted by molar-refractivity contribution is -0.126. The molecule has 5 rings (SSSR count). The molecule has 0 unspecified atom stereocenters. The second-order valence-electron chi connectivity index (χ2n) is 10.0. The van der Waals surface area contributed by atoms with Gasteiger partial charge in [-0.05, 0) is 54.3 Å². The Morgan fingerprint density at radius 3 is 2.55 bits per heavy atom. The van der Waals surface area contributed by atoms with Gasteiger partial charge in [0.25, 0.3) is 5.91 Å². The standard InChI is InChI=1S/C30H33ClFN3O5/c31-26-6-2-1-4-22(26)19-35(30(37)27-12-11-25(40-27)20-34-13-16-38-17-14-34)28(21-7-9-23(32)10-8-21)29(36)33-18-24-5-3-15-39-24/h1-2,4,6-12,24,28H,3,5,13-20H2,(H,33,36)/t24-,28-/m0/s1. The van der Waals surface area contributed by atoms with E-state index in [-0.39, 0.29) is 18.4 Å². The predicted octanol–water partition coefficient (Wildman–Crippen LogP) is 4.58. The molecule has 10 heteroatoms. The van der Waals surface area contributed by atoms with Gasteiger partial charge in [-0.15, -0.1) is 0 Å². The highest BCUT2D eigenvalue weighted by molar-refractivity contribution is 6.31. The van der Waals surface area contributed by atoms with E-state index < -0.39 is 23.7 Å². The van der Waals surface area contributed by atoms with Crippen LogP contribution in [0, 0.1) is 5.82 Å². The predicted molar refractivity (Wildman–Crippen MR) is 147 cm³/mol. The average Bonchev–Trinajstić information content (AvgIpc) is 3.66. The van der Waals surface area contributed by atoms with E-state index in [0.29, 0.717) is 54.8 Å². The Bertz CT molecular complexity index is 1290. The highest BCUT2D eigenvalue weighted by Gasteiger charge is 2.34. The fourth-order valence-electron chi connectivity index (χ4n) is 5.02. The Kier molecular flexibility index (Phi) is 9.49. The van der Waals surface area contributed by atoms with Crippen molar-refractivity contribution in [1.82, 2.24) is 15.1 Å². The summed E-state index contributed by atoms with van der Waals surface area (Å²) in [6.45, 7) is 4.41. The Morgan fingerprint density at radius 1 is 1.05 bits per heavy atom. The first-order chi connectivity index (χ1) is 19.5. The zero-order valence-electron chi connectivity index (χ0n) is 22.2. The Labute approximate surface area is 238 Å². The van der Waals surface area contributed by atoms with Gasteiger partial charge in [-0.3, -0.25) is 14.5 Å². The van der Waals surface area contributed by atoms with Crippen LogP contribution >= 0.6 is 11.6 Å². The molecule has 1 aromatic heterocycles. The summed E-state index contributed by atoms with van der Waals surface area (Å²) in [4.78, 5) is 31.5. The van der Waals surface area contributed by atoms with Crippen LogP contribution in [0.3, 0.4) is 0 Å². The number of hydrogen-bond acceptors (Lipinski definition) is 6. The zero-order valence-corrected chi connectivity index (χ0v) is 22.9. The van der Waals surface area contributed by atoms with Crippen molar-refractivity contribution in [3.8, 4) is 0 Å². The fourth-order valence-corrected chi connectivity index (χ4v) is 5.22. The summed E-state index contributed by atoms with van der Waals surface area (Å²) in [6, 6.07) is 15.1. The maximum absolute atomic E-state index is 14.1. The summed E-state index contributed by atoms with van der Waals surface area (Å²) in [6.07, 6.45) is 1.70. The Hall–Kier alpha value is -3.24. The summed E-state index contributed by atoms with van der Waals surface area (Å²) in [5.41, 5.74) is 1.13. The van der Waals surface area contributed by atoms with Crippen molar-refractivity contribution in [2.24, 2.45) is 0 Å². The van der Waals surface area contributed by atoms with E-state index in [1.165, 1.54) is 29.2 Å². The summed E-state index contributed by atoms with van der Waals surface area (Å²) in [5, 5.41) is 3.41. The lowest BCUT2D eigenvalue weighted by Gasteiger charge is -2.31. The third kappa shape index (κ3) is 7.09. The van der Waals surface area contributed by atoms with Crippen LogP contribution in [0.4, 0.5) is 4.39 Å². The first kappa shape index (κ1) is 28.3. The van der Waals surface area contributed by atoms with Gasteiger partial charge >= 0.3 is 0 Å². The van der Waals surface area contributed by atoms with Crippen molar-refractivity contribution in [1.29, 1.82) is 0 Å². The average molecular weight is 570 g/mol. The number of carbonyl (C=O) groups excluding carboxylic acids is 2. The zero-order chi connectivity index (χ0) is 27.9. The number of amides is 2. The lowest BCUT2D eigenvalue weighted by Crippen LogP contribution is -2.45. The minimum atomic E-state index is -1.07. The van der Waals surface area contributed by atoms with Gasteiger partial charge in [-0.25, -0.2) is 4.39 Å². The molecule has 3 heterocycles. The number of benzene rings is 2. The number of rotatable bonds is 10. The third-order valence-electron chi connectivity index (χ3n) is 7.19. The van der Waals surface area contributed by atoms with Gasteiger partial charge in [0.05, 0.1) is 25.9 Å². The van der Waals surface area contributed by atoms with E-state index in [1.54, 1.807) is 30.3 Å². The molecular weight excluding hydrogens is 537 g/mol. The molecule has 2 atom stereocenters. The molecule has 0 spiro atoms. The minimum absolute atomic E-state index is 0.0351. The largest absolute Gasteiger partial charge is 0.455 e. The van der Waals surface area contributed by atoms with Crippen LogP contribution in [-0.4, -0.2) is 67.2 Å². The first-order valence-corrected chi connectivity index (χ1v) is 13.9. The Morgan fingerprint density at radius 2 is 1.82 bits per heavy atom. The number of nitrogens with one attached hydrogen (secondary N) is 1. The highest BCUT2D eigenvalue weighted by atomic mass is 35.5. The monoisotopic (exact) mass is 569 g/mol. The smallest absolute Gasteiger partial charge is 0.290 e. The molecule has 0 bridgehead atoms. The van der Waals surface area contributed by atoms with Gasteiger partial charge in [0.15, 0.2) is 5.76 Å². The SMILES string of the molecule is O=C(NC[C@@H]1CCCO1)[C@H](c1ccc(F)cc1)N(Cc1ccccc1Cl)C(=O)c1ccc(CN2CCOCC2)o1. The van der Waals surface area contributed by atoms with Crippen molar-refractivity contribution in [2.45, 2.75) is 38.1 Å². The molecule has 2 saturated heterocycles. The van der Waals surface area contributed by atoms with Crippen LogP contribution < -0.4 is 5.32 Å². The molecule has 0 saturated carbocycles. The van der Waals surface area contributed by atoms with Crippen LogP contribution in [0.25, 0.3) is 0 Å². The van der Waals surface area contributed by atoms with Gasteiger partial charge < -0.3 is 24.1 Å². The lowest BCUT2D eigenvalue weighted by atomic mass is 10.0. The minimum Gasteiger partial charge on any atom is -0.455 e. The van der Waals surface area contributed by atoms with Crippen LogP contribution in [0.2, 0.25) is 5.02 Å². The number of hydrogen-bond donors (Lipinski definition) is 1. The van der Waals surface area contributed by atoms with E-state index in [1.807, 2.05) is 6.07 Å². The van der Waals surface area contributed by atoms with Crippen molar-refractivity contribution in [3.63, 3.8) is 0 Å². The first-order valence-electron chi connectivity index (χ1n) is 13.6. The van der Waals surface area contributed by atoms with Crippen molar-refractivity contribution in [2.75, 3.05) is 39.5 Å². The number of furan rings is 1. The molecule has 2 aliphatic heterocycles. The van der Waals surface area contributed by atoms with Crippen LogP contribution in [0.1, 0.15) is 46.3 Å². The quantitative estimate of drug-likeness (QED) is 0.385. The normalized spacial score (nSPS) is 18.4. The van der Waals surface area contributed by atoms with Gasteiger partial charge in [0, 0.05) is 37.8 Å². The Balaban J connectivity index is 1.46. The van der Waals surface area contributed by atoms with Gasteiger partial charge in [-0.2, -0.15) is 0 Å². The molecule has 0 aliphatic carbocycles. The molecular formula is C30H33ClFN3O5. The van der Waals surface area contributed by atoms with E-state index >= 15 is 0 Å². The second-order valence-corrected chi connectivity index (χ2v) is 10.4. The highest BCUT2D eigenvalue weighted by Crippen LogP contribution is 2.29. The number of ether oxygens (including phenoxy) is 2. The molecule has 2 fully saturated rings. The van der Waals surface area contributed by atoms with E-state index in [0.717, 1.165) is 25.9 Å². The van der Waals surface area contributed by atoms with Crippen LogP contribution in [-0.2, 0) is 27.4 Å². The number of nitrogens with zero attached hydrogens (tertiary/aromatic N) is 2. The fraction of sp³-hybridized carbons (Fsp3) is 0.400. The molecule has 2 aliphatic rings. The van der Waals surface area contributed by atoms with Crippen molar-refractivity contribution in [3.05, 3.63) is 94.2 Å². The van der Waals surface area contributed by atoms with Crippen molar-refractivity contribution < 1.29 is 27.9 Å². The summed E-state index contributed by atoms with van der Waals surface area (Å²) < 4.78 is 31.0. The van der Waals surface area contributed by atoms with Crippen LogP contribution in [0.15, 0.2) is 65.1 Å². The molecule has 40 heavy (non-hydrogen) atoms. The molecule has 3 aromatic rings. The topological polar surface area (TPSA) is 84.2 Å². The molecule has 1 N–H and O–H groups in total. The summed E-state index contributed by atoms with van der Waals surface area (Å²) in [5.74, 6) is -0.569. The van der Waals surface area contributed by atoms with Crippen molar-refractivity contribution >= 4 is 23.4 Å². The maximum atomic E-state index is 14.1. The van der Waals surface area contributed by atoms with Gasteiger partial charge in [0.1, 0.15) is 17.6 Å². The van der Waals surface area contributed by atoms with Gasteiger partial charge in [-0.1, -0.05) is 41.9 Å². The van der Waals surface area contributed by atoms with E-state index in [2.05, 4.69) is 10.2 Å². The molecule has 0 radical (unpaired) electrons. The second kappa shape index (κ2) is 13.4. The molecule has 212 valence electrons. The molecule has 2 aromatic carbocycles. The summed E-state index contributed by atoms with van der Waals surface area (Å²) >= 11 is 6.49. The third-order valence-corrected chi connectivity index (χ3v) is 7.56. The van der Waals surface area contributed by atoms with Crippen LogP contribution in [0.5, 0.6) is 0 Å². The summed E-state index contributed by atoms with van der Waals surface area (Å²) in [7, 11) is 0. The molecule has 8 nitrogen and oxygen atoms in total. The van der Waals surface area contributed by atoms with E-state index in [4.69, 9.17) is 25.5 Å². The maximum Gasteiger partial charge on any atom is 0.290 e. The number of halogens is 2. The van der Waals surface area contributed by atoms with E-state index in [9.17, 15) is 14.0 Å². The number of morpholine rings is 1. The number of carbonyl (C=O) groups is 2. The molecule has 2 amide bonds.